The summed E-state index contributed by atoms with van der Waals surface area (Å²) >= 11 is 0. The molecule has 4 unspecified atom stereocenters. The van der Waals surface area contributed by atoms with Gasteiger partial charge in [-0.2, -0.15) is 0 Å². The first kappa shape index (κ1) is 12.1. The molecule has 4 atom stereocenters. The van der Waals surface area contributed by atoms with E-state index in [4.69, 9.17) is 7.85 Å². The summed E-state index contributed by atoms with van der Waals surface area (Å²) in [6.07, 6.45) is 7.99. The van der Waals surface area contributed by atoms with Crippen LogP contribution in [-0.2, 0) is 0 Å². The Morgan fingerprint density at radius 1 is 1.07 bits per heavy atom. The summed E-state index contributed by atoms with van der Waals surface area (Å²) in [6, 6.07) is 0. The third-order valence-electron chi connectivity index (χ3n) is 4.17. The highest BCUT2D eigenvalue weighted by atomic mass is 14.4. The molecule has 0 bridgehead atoms. The molecule has 1 fully saturated rings. The van der Waals surface area contributed by atoms with E-state index in [-0.39, 0.29) is 0 Å². The van der Waals surface area contributed by atoms with Gasteiger partial charge in [0.05, 0.1) is 7.85 Å². The average Bonchev–Trinajstić information content (AvgIpc) is 2.51. The minimum absolute atomic E-state index is 0.497. The molecule has 0 amide bonds. The van der Waals surface area contributed by atoms with E-state index < -0.39 is 0 Å². The average molecular weight is 192 g/mol. The van der Waals surface area contributed by atoms with Gasteiger partial charge in [-0.1, -0.05) is 65.1 Å². The van der Waals surface area contributed by atoms with Gasteiger partial charge in [0, 0.05) is 0 Å². The molecule has 1 aliphatic carbocycles. The molecule has 0 heterocycles. The molecule has 80 valence electrons. The van der Waals surface area contributed by atoms with E-state index in [9.17, 15) is 0 Å². The molecule has 2 radical (unpaired) electrons. The standard InChI is InChI=1S/C13H25B/c1-4-7-8-12-11(6-3)10(5-2)9-13(12)14/h10-13H,4-9H2,1-3H3. The highest BCUT2D eigenvalue weighted by Gasteiger charge is 2.37. The zero-order valence-corrected chi connectivity index (χ0v) is 10.1. The van der Waals surface area contributed by atoms with Crippen molar-refractivity contribution in [1.29, 1.82) is 0 Å². The molecule has 0 aromatic rings. The molecular formula is C13H25B. The molecule has 1 heteroatoms. The van der Waals surface area contributed by atoms with Crippen LogP contribution in [0.5, 0.6) is 0 Å². The molecule has 0 nitrogen and oxygen atoms in total. The molecule has 14 heavy (non-hydrogen) atoms. The van der Waals surface area contributed by atoms with Gasteiger partial charge in [-0.3, -0.25) is 0 Å². The van der Waals surface area contributed by atoms with Crippen LogP contribution in [0.15, 0.2) is 0 Å². The first-order chi connectivity index (χ1) is 6.74. The number of hydrogen-bond donors (Lipinski definition) is 0. The molecule has 0 aromatic heterocycles. The van der Waals surface area contributed by atoms with Crippen molar-refractivity contribution in [2.45, 2.75) is 65.1 Å². The maximum Gasteiger partial charge on any atom is 0.0703 e. The lowest BCUT2D eigenvalue weighted by Crippen LogP contribution is -2.15. The maximum absolute atomic E-state index is 6.25. The quantitative estimate of drug-likeness (QED) is 0.572. The summed E-state index contributed by atoms with van der Waals surface area (Å²) in [5.74, 6) is 3.15. The lowest BCUT2D eigenvalue weighted by Gasteiger charge is -2.24. The van der Waals surface area contributed by atoms with E-state index >= 15 is 0 Å². The van der Waals surface area contributed by atoms with Gasteiger partial charge in [-0.25, -0.2) is 0 Å². The van der Waals surface area contributed by atoms with E-state index in [1.54, 1.807) is 0 Å². The molecule has 1 rings (SSSR count). The Labute approximate surface area is 91.3 Å². The van der Waals surface area contributed by atoms with Crippen LogP contribution in [0.25, 0.3) is 0 Å². The van der Waals surface area contributed by atoms with Crippen molar-refractivity contribution in [1.82, 2.24) is 0 Å². The first-order valence-electron chi connectivity index (χ1n) is 6.50. The van der Waals surface area contributed by atoms with Crippen LogP contribution >= 0.6 is 0 Å². The number of hydrogen-bond acceptors (Lipinski definition) is 0. The van der Waals surface area contributed by atoms with E-state index in [0.29, 0.717) is 5.82 Å². The minimum Gasteiger partial charge on any atom is -0.0741 e. The fourth-order valence-corrected chi connectivity index (χ4v) is 3.34. The van der Waals surface area contributed by atoms with Crippen LogP contribution in [0.2, 0.25) is 5.82 Å². The lowest BCUT2D eigenvalue weighted by atomic mass is 9.73. The van der Waals surface area contributed by atoms with Crippen LogP contribution in [0, 0.1) is 17.8 Å². The largest absolute Gasteiger partial charge is 0.0741 e. The molecule has 1 saturated carbocycles. The predicted molar refractivity (Wildman–Crippen MR) is 64.7 cm³/mol. The lowest BCUT2D eigenvalue weighted by molar-refractivity contribution is 0.279. The second kappa shape index (κ2) is 5.83. The Morgan fingerprint density at radius 3 is 2.29 bits per heavy atom. The van der Waals surface area contributed by atoms with Crippen LogP contribution < -0.4 is 0 Å². The van der Waals surface area contributed by atoms with Gasteiger partial charge in [0.2, 0.25) is 0 Å². The highest BCUT2D eigenvalue weighted by Crippen LogP contribution is 2.48. The summed E-state index contributed by atoms with van der Waals surface area (Å²) < 4.78 is 0. The van der Waals surface area contributed by atoms with Crippen LogP contribution in [-0.4, -0.2) is 7.85 Å². The maximum atomic E-state index is 6.25. The van der Waals surface area contributed by atoms with Gasteiger partial charge in [0.25, 0.3) is 0 Å². The zero-order chi connectivity index (χ0) is 10.6. The van der Waals surface area contributed by atoms with Crippen LogP contribution in [0.3, 0.4) is 0 Å². The molecular weight excluding hydrogens is 167 g/mol. The van der Waals surface area contributed by atoms with Crippen molar-refractivity contribution >= 4 is 7.85 Å². The van der Waals surface area contributed by atoms with Crippen molar-refractivity contribution in [3.63, 3.8) is 0 Å². The van der Waals surface area contributed by atoms with Gasteiger partial charge < -0.3 is 0 Å². The topological polar surface area (TPSA) is 0 Å². The molecule has 0 saturated heterocycles. The number of unbranched alkanes of at least 4 members (excludes halogenated alkanes) is 1. The van der Waals surface area contributed by atoms with E-state index in [1.807, 2.05) is 0 Å². The Hall–Kier alpha value is 0.0649. The molecule has 1 aliphatic rings. The van der Waals surface area contributed by atoms with Gasteiger partial charge in [0.15, 0.2) is 0 Å². The normalized spacial score (nSPS) is 37.6. The third-order valence-corrected chi connectivity index (χ3v) is 4.17. The van der Waals surface area contributed by atoms with Crippen LogP contribution in [0.1, 0.15) is 59.3 Å². The first-order valence-corrected chi connectivity index (χ1v) is 6.50. The Morgan fingerprint density at radius 2 is 1.79 bits per heavy atom. The second-order valence-corrected chi connectivity index (χ2v) is 4.95. The highest BCUT2D eigenvalue weighted by molar-refractivity contribution is 6.12. The van der Waals surface area contributed by atoms with Crippen molar-refractivity contribution < 1.29 is 0 Å². The smallest absolute Gasteiger partial charge is 0.0703 e. The summed E-state index contributed by atoms with van der Waals surface area (Å²) in [6.45, 7) is 6.94. The summed E-state index contributed by atoms with van der Waals surface area (Å²) in [7, 11) is 6.25. The SMILES string of the molecule is [B]C1CC(CC)C(CC)C1CCCC. The summed E-state index contributed by atoms with van der Waals surface area (Å²) in [5.41, 5.74) is 0. The minimum atomic E-state index is 0.497. The van der Waals surface area contributed by atoms with Gasteiger partial charge >= 0.3 is 0 Å². The van der Waals surface area contributed by atoms with Crippen molar-refractivity contribution in [2.24, 2.45) is 17.8 Å². The monoisotopic (exact) mass is 192 g/mol. The van der Waals surface area contributed by atoms with Crippen LogP contribution in [0.4, 0.5) is 0 Å². The summed E-state index contributed by atoms with van der Waals surface area (Å²) in [4.78, 5) is 0. The zero-order valence-electron chi connectivity index (χ0n) is 10.1. The fourth-order valence-electron chi connectivity index (χ4n) is 3.34. The summed E-state index contributed by atoms with van der Waals surface area (Å²) in [5, 5.41) is 0. The molecule has 0 aliphatic heterocycles. The van der Waals surface area contributed by atoms with Crippen molar-refractivity contribution in [3.05, 3.63) is 0 Å². The Bertz CT molecular complexity index is 155. The Balaban J connectivity index is 2.53. The van der Waals surface area contributed by atoms with E-state index in [0.717, 1.165) is 17.8 Å². The fraction of sp³-hybridized carbons (Fsp3) is 1.00. The Kier molecular flexibility index (Phi) is 5.05. The molecule has 0 spiro atoms. The predicted octanol–water partition coefficient (Wildman–Crippen LogP) is 4.21. The van der Waals surface area contributed by atoms with E-state index in [2.05, 4.69) is 20.8 Å². The van der Waals surface area contributed by atoms with Gasteiger partial charge in [-0.15, -0.1) is 0 Å². The number of rotatable bonds is 5. The van der Waals surface area contributed by atoms with Crippen molar-refractivity contribution in [3.8, 4) is 0 Å². The third kappa shape index (κ3) is 2.55. The van der Waals surface area contributed by atoms with Gasteiger partial charge in [0.1, 0.15) is 0 Å². The molecule has 0 N–H and O–H groups in total. The van der Waals surface area contributed by atoms with E-state index in [1.165, 1.54) is 38.5 Å². The molecule has 0 aromatic carbocycles. The van der Waals surface area contributed by atoms with Crippen molar-refractivity contribution in [2.75, 3.05) is 0 Å². The van der Waals surface area contributed by atoms with Gasteiger partial charge in [-0.05, 0) is 17.8 Å². The second-order valence-electron chi connectivity index (χ2n) is 4.95.